The number of hydrogen-bond donors (Lipinski definition) is 1. The minimum Gasteiger partial charge on any atom is -0.381 e. The Labute approximate surface area is 91.3 Å². The molecule has 2 rings (SSSR count). The maximum atomic E-state index is 5.68. The molecular formula is C11H21NO3. The summed E-state index contributed by atoms with van der Waals surface area (Å²) in [6, 6.07) is 0.627. The Morgan fingerprint density at radius 3 is 2.60 bits per heavy atom. The Hall–Kier alpha value is -0.160. The summed E-state index contributed by atoms with van der Waals surface area (Å²) < 4.78 is 16.2. The normalized spacial score (nSPS) is 28.4. The zero-order chi connectivity index (χ0) is 10.3. The highest BCUT2D eigenvalue weighted by Crippen LogP contribution is 2.08. The van der Waals surface area contributed by atoms with Crippen LogP contribution in [0.3, 0.4) is 0 Å². The van der Waals surface area contributed by atoms with Crippen molar-refractivity contribution in [2.75, 3.05) is 39.6 Å². The van der Waals surface area contributed by atoms with Crippen molar-refractivity contribution in [2.45, 2.75) is 31.4 Å². The van der Waals surface area contributed by atoms with Crippen molar-refractivity contribution in [2.24, 2.45) is 0 Å². The second-order valence-electron chi connectivity index (χ2n) is 4.20. The third kappa shape index (κ3) is 4.07. The van der Waals surface area contributed by atoms with Crippen LogP contribution in [0.1, 0.15) is 19.3 Å². The first kappa shape index (κ1) is 11.3. The van der Waals surface area contributed by atoms with Gasteiger partial charge in [0.1, 0.15) is 0 Å². The van der Waals surface area contributed by atoms with Crippen molar-refractivity contribution < 1.29 is 14.2 Å². The third-order valence-corrected chi connectivity index (χ3v) is 3.00. The van der Waals surface area contributed by atoms with Gasteiger partial charge in [0.05, 0.1) is 19.3 Å². The average Bonchev–Trinajstić information content (AvgIpc) is 2.79. The fraction of sp³-hybridized carbons (Fsp3) is 1.00. The van der Waals surface area contributed by atoms with Gasteiger partial charge in [0, 0.05) is 32.4 Å². The number of hydrogen-bond acceptors (Lipinski definition) is 4. The fourth-order valence-corrected chi connectivity index (χ4v) is 2.03. The van der Waals surface area contributed by atoms with E-state index in [1.165, 1.54) is 0 Å². The van der Waals surface area contributed by atoms with E-state index < -0.39 is 0 Å². The molecule has 2 heterocycles. The molecule has 4 heteroatoms. The lowest BCUT2D eigenvalue weighted by Crippen LogP contribution is -2.37. The zero-order valence-electron chi connectivity index (χ0n) is 9.24. The molecule has 2 fully saturated rings. The minimum atomic E-state index is 0.335. The van der Waals surface area contributed by atoms with Gasteiger partial charge >= 0.3 is 0 Å². The molecule has 0 aromatic carbocycles. The predicted octanol–water partition coefficient (Wildman–Crippen LogP) is 0.560. The van der Waals surface area contributed by atoms with Crippen molar-refractivity contribution in [3.8, 4) is 0 Å². The fourth-order valence-electron chi connectivity index (χ4n) is 2.03. The Morgan fingerprint density at radius 1 is 1.07 bits per heavy atom. The van der Waals surface area contributed by atoms with Crippen molar-refractivity contribution >= 4 is 0 Å². The van der Waals surface area contributed by atoms with Crippen LogP contribution in [0.15, 0.2) is 0 Å². The van der Waals surface area contributed by atoms with E-state index in [1.54, 1.807) is 0 Å². The maximum absolute atomic E-state index is 5.68. The van der Waals surface area contributed by atoms with Gasteiger partial charge in [0.15, 0.2) is 0 Å². The summed E-state index contributed by atoms with van der Waals surface area (Å²) in [5.41, 5.74) is 0. The summed E-state index contributed by atoms with van der Waals surface area (Å²) in [7, 11) is 0. The van der Waals surface area contributed by atoms with Gasteiger partial charge in [-0.3, -0.25) is 0 Å². The van der Waals surface area contributed by atoms with E-state index >= 15 is 0 Å². The standard InChI is InChI=1S/C11H21NO3/c1-5-13-6-2-10(1)12-4-8-15-11-3-7-14-9-11/h10-12H,1-9H2. The molecule has 88 valence electrons. The molecule has 0 aromatic heterocycles. The molecule has 0 saturated carbocycles. The first-order valence-corrected chi connectivity index (χ1v) is 5.95. The quantitative estimate of drug-likeness (QED) is 0.680. The highest BCUT2D eigenvalue weighted by Gasteiger charge is 2.16. The van der Waals surface area contributed by atoms with Gasteiger partial charge in [-0.25, -0.2) is 0 Å². The molecular weight excluding hydrogens is 194 g/mol. The van der Waals surface area contributed by atoms with Gasteiger partial charge in [-0.05, 0) is 19.3 Å². The first-order chi connectivity index (χ1) is 7.45. The van der Waals surface area contributed by atoms with Crippen LogP contribution in [0.2, 0.25) is 0 Å². The molecule has 2 saturated heterocycles. The van der Waals surface area contributed by atoms with Crippen molar-refractivity contribution in [1.29, 1.82) is 0 Å². The molecule has 0 aromatic rings. The number of ether oxygens (including phenoxy) is 3. The van der Waals surface area contributed by atoms with Crippen LogP contribution in [0.5, 0.6) is 0 Å². The van der Waals surface area contributed by atoms with Crippen LogP contribution < -0.4 is 5.32 Å². The second kappa shape index (κ2) is 6.43. The van der Waals surface area contributed by atoms with Crippen LogP contribution in [0.25, 0.3) is 0 Å². The lowest BCUT2D eigenvalue weighted by Gasteiger charge is -2.23. The van der Waals surface area contributed by atoms with E-state index in [1.807, 2.05) is 0 Å². The monoisotopic (exact) mass is 215 g/mol. The number of rotatable bonds is 5. The summed E-state index contributed by atoms with van der Waals surface area (Å²) in [6.45, 7) is 5.17. The molecule has 15 heavy (non-hydrogen) atoms. The van der Waals surface area contributed by atoms with Crippen LogP contribution in [-0.4, -0.2) is 51.7 Å². The van der Waals surface area contributed by atoms with Crippen molar-refractivity contribution in [3.05, 3.63) is 0 Å². The van der Waals surface area contributed by atoms with Gasteiger partial charge in [0.25, 0.3) is 0 Å². The van der Waals surface area contributed by atoms with Crippen LogP contribution >= 0.6 is 0 Å². The third-order valence-electron chi connectivity index (χ3n) is 3.00. The molecule has 2 aliphatic rings. The van der Waals surface area contributed by atoms with E-state index in [9.17, 15) is 0 Å². The van der Waals surface area contributed by atoms with Crippen molar-refractivity contribution in [1.82, 2.24) is 5.32 Å². The largest absolute Gasteiger partial charge is 0.381 e. The maximum Gasteiger partial charge on any atom is 0.0831 e. The Bertz CT molecular complexity index is 165. The van der Waals surface area contributed by atoms with Crippen LogP contribution in [-0.2, 0) is 14.2 Å². The first-order valence-electron chi connectivity index (χ1n) is 5.95. The summed E-state index contributed by atoms with van der Waals surface area (Å²) in [5.74, 6) is 0. The van der Waals surface area contributed by atoms with E-state index in [4.69, 9.17) is 14.2 Å². The summed E-state index contributed by atoms with van der Waals surface area (Å²) in [5, 5.41) is 3.50. The second-order valence-corrected chi connectivity index (χ2v) is 4.20. The number of nitrogens with one attached hydrogen (secondary N) is 1. The molecule has 1 N–H and O–H groups in total. The Balaban J connectivity index is 1.47. The van der Waals surface area contributed by atoms with Gasteiger partial charge in [-0.2, -0.15) is 0 Å². The molecule has 0 amide bonds. The smallest absolute Gasteiger partial charge is 0.0831 e. The predicted molar refractivity (Wildman–Crippen MR) is 57.0 cm³/mol. The van der Waals surface area contributed by atoms with Crippen molar-refractivity contribution in [3.63, 3.8) is 0 Å². The lowest BCUT2D eigenvalue weighted by atomic mass is 10.1. The van der Waals surface area contributed by atoms with Gasteiger partial charge in [0.2, 0.25) is 0 Å². The van der Waals surface area contributed by atoms with E-state index in [0.717, 1.165) is 58.8 Å². The van der Waals surface area contributed by atoms with Gasteiger partial charge < -0.3 is 19.5 Å². The topological polar surface area (TPSA) is 39.7 Å². The Kier molecular flexibility index (Phi) is 4.86. The van der Waals surface area contributed by atoms with E-state index in [-0.39, 0.29) is 0 Å². The summed E-state index contributed by atoms with van der Waals surface area (Å²) >= 11 is 0. The van der Waals surface area contributed by atoms with Crippen LogP contribution in [0.4, 0.5) is 0 Å². The Morgan fingerprint density at radius 2 is 1.87 bits per heavy atom. The van der Waals surface area contributed by atoms with Crippen LogP contribution in [0, 0.1) is 0 Å². The molecule has 1 atom stereocenters. The SMILES string of the molecule is C(COC1CCOC1)NC1CCOCC1. The van der Waals surface area contributed by atoms with E-state index in [0.29, 0.717) is 12.1 Å². The zero-order valence-corrected chi connectivity index (χ0v) is 9.24. The average molecular weight is 215 g/mol. The highest BCUT2D eigenvalue weighted by atomic mass is 16.5. The van der Waals surface area contributed by atoms with Gasteiger partial charge in [-0.15, -0.1) is 0 Å². The highest BCUT2D eigenvalue weighted by molar-refractivity contribution is 4.70. The molecule has 4 nitrogen and oxygen atoms in total. The minimum absolute atomic E-state index is 0.335. The summed E-state index contributed by atoms with van der Waals surface area (Å²) in [4.78, 5) is 0. The van der Waals surface area contributed by atoms with Gasteiger partial charge in [-0.1, -0.05) is 0 Å². The molecule has 1 unspecified atom stereocenters. The molecule has 0 aliphatic carbocycles. The lowest BCUT2D eigenvalue weighted by molar-refractivity contribution is 0.0384. The molecule has 0 radical (unpaired) electrons. The molecule has 0 bridgehead atoms. The summed E-state index contributed by atoms with van der Waals surface area (Å²) in [6.07, 6.45) is 3.65. The molecule has 0 spiro atoms. The molecule has 2 aliphatic heterocycles. The van der Waals surface area contributed by atoms with E-state index in [2.05, 4.69) is 5.32 Å².